The van der Waals surface area contributed by atoms with Crippen LogP contribution in [-0.2, 0) is 11.2 Å². The van der Waals surface area contributed by atoms with Gasteiger partial charge in [0.1, 0.15) is 5.75 Å². The predicted octanol–water partition coefficient (Wildman–Crippen LogP) is 3.38. The van der Waals surface area contributed by atoms with Crippen molar-refractivity contribution in [2.75, 3.05) is 13.2 Å². The van der Waals surface area contributed by atoms with Crippen LogP contribution in [0.5, 0.6) is 5.75 Å². The third-order valence-corrected chi connectivity index (χ3v) is 4.28. The topological polar surface area (TPSA) is 75.6 Å². The average molecular weight is 355 g/mol. The normalized spacial score (nSPS) is 11.7. The van der Waals surface area contributed by atoms with E-state index in [-0.39, 0.29) is 12.5 Å². The molecule has 1 unspecified atom stereocenters. The van der Waals surface area contributed by atoms with E-state index in [0.717, 1.165) is 22.4 Å². The molecule has 2 rings (SSSR count). The van der Waals surface area contributed by atoms with Crippen LogP contribution in [0.2, 0.25) is 0 Å². The third kappa shape index (κ3) is 5.09. The first-order valence-electron chi connectivity index (χ1n) is 8.71. The number of rotatable bonds is 8. The van der Waals surface area contributed by atoms with Crippen molar-refractivity contribution < 1.29 is 19.4 Å². The highest BCUT2D eigenvalue weighted by molar-refractivity contribution is 5.97. The highest BCUT2D eigenvalue weighted by atomic mass is 16.5. The molecule has 5 nitrogen and oxygen atoms in total. The van der Waals surface area contributed by atoms with Crippen molar-refractivity contribution in [1.29, 1.82) is 0 Å². The molecule has 0 aromatic heterocycles. The lowest BCUT2D eigenvalue weighted by molar-refractivity contribution is -0.141. The number of amides is 1. The van der Waals surface area contributed by atoms with Crippen molar-refractivity contribution in [2.24, 2.45) is 5.92 Å². The van der Waals surface area contributed by atoms with Crippen LogP contribution in [0.4, 0.5) is 0 Å². The zero-order chi connectivity index (χ0) is 19.1. The minimum absolute atomic E-state index is 0.0785. The van der Waals surface area contributed by atoms with Gasteiger partial charge in [-0.25, -0.2) is 0 Å². The first-order valence-corrected chi connectivity index (χ1v) is 8.71. The molecule has 1 atom stereocenters. The van der Waals surface area contributed by atoms with Crippen LogP contribution < -0.4 is 10.1 Å². The van der Waals surface area contributed by atoms with Gasteiger partial charge in [0.15, 0.2) is 0 Å². The second-order valence-corrected chi connectivity index (χ2v) is 6.29. The number of carboxylic acids is 1. The molecule has 0 heterocycles. The van der Waals surface area contributed by atoms with E-state index in [0.29, 0.717) is 18.6 Å². The first-order chi connectivity index (χ1) is 12.4. The lowest BCUT2D eigenvalue weighted by atomic mass is 9.98. The van der Waals surface area contributed by atoms with Gasteiger partial charge in [-0.15, -0.1) is 0 Å². The quantitative estimate of drug-likeness (QED) is 0.761. The molecular weight excluding hydrogens is 330 g/mol. The van der Waals surface area contributed by atoms with Gasteiger partial charge in [0, 0.05) is 12.1 Å². The predicted molar refractivity (Wildman–Crippen MR) is 101 cm³/mol. The maximum atomic E-state index is 12.5. The van der Waals surface area contributed by atoms with Gasteiger partial charge in [0.05, 0.1) is 12.5 Å². The Morgan fingerprint density at radius 3 is 2.23 bits per heavy atom. The molecule has 0 aliphatic heterocycles. The smallest absolute Gasteiger partial charge is 0.308 e. The van der Waals surface area contributed by atoms with Crippen LogP contribution in [-0.4, -0.2) is 30.1 Å². The largest absolute Gasteiger partial charge is 0.494 e. The summed E-state index contributed by atoms with van der Waals surface area (Å²) in [5.74, 6) is -1.10. The summed E-state index contributed by atoms with van der Waals surface area (Å²) in [5, 5.41) is 12.3. The number of carbonyl (C=O) groups excluding carboxylic acids is 1. The number of carboxylic acid groups (broad SMARTS) is 1. The van der Waals surface area contributed by atoms with Crippen molar-refractivity contribution in [3.8, 4) is 5.75 Å². The van der Waals surface area contributed by atoms with Gasteiger partial charge in [-0.3, -0.25) is 9.59 Å². The number of aryl methyl sites for hydroxylation is 2. The minimum Gasteiger partial charge on any atom is -0.494 e. The molecule has 0 bridgehead atoms. The van der Waals surface area contributed by atoms with Crippen LogP contribution in [0.1, 0.15) is 34.0 Å². The van der Waals surface area contributed by atoms with Gasteiger partial charge >= 0.3 is 5.97 Å². The molecular formula is C21H25NO4. The summed E-state index contributed by atoms with van der Waals surface area (Å²) < 4.78 is 5.39. The zero-order valence-corrected chi connectivity index (χ0v) is 15.4. The van der Waals surface area contributed by atoms with Gasteiger partial charge in [-0.1, -0.05) is 30.3 Å². The highest BCUT2D eigenvalue weighted by Gasteiger charge is 2.20. The van der Waals surface area contributed by atoms with Crippen molar-refractivity contribution in [3.05, 3.63) is 64.7 Å². The van der Waals surface area contributed by atoms with Crippen molar-refractivity contribution >= 4 is 11.9 Å². The van der Waals surface area contributed by atoms with Gasteiger partial charge < -0.3 is 15.2 Å². The first kappa shape index (κ1) is 19.5. The average Bonchev–Trinajstić information content (AvgIpc) is 2.60. The SMILES string of the molecule is CCOc1ccc(CC(CNC(=O)c2c(C)cccc2C)C(=O)O)cc1. The molecule has 0 fully saturated rings. The Hall–Kier alpha value is -2.82. The van der Waals surface area contributed by atoms with E-state index in [9.17, 15) is 14.7 Å². The summed E-state index contributed by atoms with van der Waals surface area (Å²) in [4.78, 5) is 24.0. The second kappa shape index (κ2) is 9.04. The van der Waals surface area contributed by atoms with E-state index in [1.54, 1.807) is 0 Å². The number of aliphatic carboxylic acids is 1. The summed E-state index contributed by atoms with van der Waals surface area (Å²) in [6, 6.07) is 13.0. The van der Waals surface area contributed by atoms with Crippen molar-refractivity contribution in [1.82, 2.24) is 5.32 Å². The molecule has 0 saturated heterocycles. The number of nitrogens with one attached hydrogen (secondary N) is 1. The van der Waals surface area contributed by atoms with Crippen LogP contribution in [0.3, 0.4) is 0 Å². The molecule has 0 saturated carbocycles. The fourth-order valence-corrected chi connectivity index (χ4v) is 2.90. The van der Waals surface area contributed by atoms with Crippen LogP contribution >= 0.6 is 0 Å². The van der Waals surface area contributed by atoms with E-state index < -0.39 is 11.9 Å². The minimum atomic E-state index is -0.930. The Morgan fingerprint density at radius 1 is 1.08 bits per heavy atom. The second-order valence-electron chi connectivity index (χ2n) is 6.29. The zero-order valence-electron chi connectivity index (χ0n) is 15.4. The van der Waals surface area contributed by atoms with Gasteiger partial charge in [0.25, 0.3) is 5.91 Å². The van der Waals surface area contributed by atoms with E-state index in [4.69, 9.17) is 4.74 Å². The molecule has 1 amide bonds. The fourth-order valence-electron chi connectivity index (χ4n) is 2.90. The van der Waals surface area contributed by atoms with Crippen LogP contribution in [0, 0.1) is 19.8 Å². The maximum absolute atomic E-state index is 12.5. The van der Waals surface area contributed by atoms with Gasteiger partial charge in [0.2, 0.25) is 0 Å². The summed E-state index contributed by atoms with van der Waals surface area (Å²) in [6.07, 6.45) is 0.342. The number of hydrogen-bond acceptors (Lipinski definition) is 3. The molecule has 26 heavy (non-hydrogen) atoms. The number of hydrogen-bond donors (Lipinski definition) is 2. The Morgan fingerprint density at radius 2 is 1.69 bits per heavy atom. The highest BCUT2D eigenvalue weighted by Crippen LogP contribution is 2.16. The summed E-state index contributed by atoms with van der Waals surface area (Å²) in [7, 11) is 0. The molecule has 0 radical (unpaired) electrons. The molecule has 2 aromatic rings. The molecule has 5 heteroatoms. The van der Waals surface area contributed by atoms with Crippen LogP contribution in [0.15, 0.2) is 42.5 Å². The summed E-state index contributed by atoms with van der Waals surface area (Å²) in [5.41, 5.74) is 3.25. The lowest BCUT2D eigenvalue weighted by Crippen LogP contribution is -2.34. The summed E-state index contributed by atoms with van der Waals surface area (Å²) in [6.45, 7) is 6.32. The number of benzene rings is 2. The molecule has 138 valence electrons. The number of carbonyl (C=O) groups is 2. The Kier molecular flexibility index (Phi) is 6.78. The van der Waals surface area contributed by atoms with E-state index in [2.05, 4.69) is 5.32 Å². The standard InChI is InChI=1S/C21H25NO4/c1-4-26-18-10-8-16(9-11-18)12-17(21(24)25)13-22-20(23)19-14(2)6-5-7-15(19)3/h5-11,17H,4,12-13H2,1-3H3,(H,22,23)(H,24,25). The monoisotopic (exact) mass is 355 g/mol. The number of ether oxygens (including phenoxy) is 1. The Bertz CT molecular complexity index is 748. The molecule has 2 aromatic carbocycles. The summed E-state index contributed by atoms with van der Waals surface area (Å²) >= 11 is 0. The molecule has 0 aliphatic carbocycles. The third-order valence-electron chi connectivity index (χ3n) is 4.28. The van der Waals surface area contributed by atoms with E-state index in [1.165, 1.54) is 0 Å². The Balaban J connectivity index is 2.02. The fraction of sp³-hybridized carbons (Fsp3) is 0.333. The molecule has 0 aliphatic rings. The molecule has 2 N–H and O–H groups in total. The Labute approximate surface area is 154 Å². The van der Waals surface area contributed by atoms with Gasteiger partial charge in [-0.05, 0) is 56.0 Å². The maximum Gasteiger partial charge on any atom is 0.308 e. The van der Waals surface area contributed by atoms with E-state index >= 15 is 0 Å². The van der Waals surface area contributed by atoms with Crippen LogP contribution in [0.25, 0.3) is 0 Å². The van der Waals surface area contributed by atoms with Crippen molar-refractivity contribution in [3.63, 3.8) is 0 Å². The van der Waals surface area contributed by atoms with Gasteiger partial charge in [-0.2, -0.15) is 0 Å². The lowest BCUT2D eigenvalue weighted by Gasteiger charge is -2.15. The molecule has 0 spiro atoms. The van der Waals surface area contributed by atoms with Crippen molar-refractivity contribution in [2.45, 2.75) is 27.2 Å². The van der Waals surface area contributed by atoms with E-state index in [1.807, 2.05) is 63.2 Å².